The molecule has 3 aromatic rings. The first-order valence-electron chi connectivity index (χ1n) is 9.36. The van der Waals surface area contributed by atoms with Crippen LogP contribution in [-0.4, -0.2) is 18.5 Å². The molecule has 0 saturated carbocycles. The Balaban J connectivity index is 1.61. The standard InChI is InChI=1S/C25H29N/c1-25(2,3)23-16-14-20(15-17-23)9-8-18-26(4)19-22-12-7-11-21-10-5-6-13-24(21)22/h5-17H,18-19H2,1-4H3/b9-8+. The molecule has 0 atom stereocenters. The zero-order chi connectivity index (χ0) is 18.6. The average Bonchev–Trinajstić information content (AvgIpc) is 2.62. The van der Waals surface area contributed by atoms with Gasteiger partial charge in [0.1, 0.15) is 0 Å². The molecule has 0 unspecified atom stereocenters. The number of fused-ring (bicyclic) bond motifs is 1. The van der Waals surface area contributed by atoms with Crippen molar-refractivity contribution in [3.05, 3.63) is 89.5 Å². The summed E-state index contributed by atoms with van der Waals surface area (Å²) in [5.41, 5.74) is 4.23. The van der Waals surface area contributed by atoms with Gasteiger partial charge in [-0.2, -0.15) is 0 Å². The van der Waals surface area contributed by atoms with E-state index in [1.165, 1.54) is 27.5 Å². The van der Waals surface area contributed by atoms with Gasteiger partial charge in [0.05, 0.1) is 0 Å². The van der Waals surface area contributed by atoms with Crippen LogP contribution in [0, 0.1) is 0 Å². The highest BCUT2D eigenvalue weighted by molar-refractivity contribution is 5.85. The van der Waals surface area contributed by atoms with Gasteiger partial charge in [-0.05, 0) is 39.9 Å². The normalized spacial score (nSPS) is 12.3. The van der Waals surface area contributed by atoms with Crippen LogP contribution in [-0.2, 0) is 12.0 Å². The van der Waals surface area contributed by atoms with E-state index in [-0.39, 0.29) is 5.41 Å². The predicted octanol–water partition coefficient (Wildman–Crippen LogP) is 6.28. The highest BCUT2D eigenvalue weighted by atomic mass is 15.1. The Bertz CT molecular complexity index is 877. The maximum absolute atomic E-state index is 2.35. The zero-order valence-electron chi connectivity index (χ0n) is 16.4. The lowest BCUT2D eigenvalue weighted by Crippen LogP contribution is -2.17. The summed E-state index contributed by atoms with van der Waals surface area (Å²) in [5.74, 6) is 0. The first-order chi connectivity index (χ1) is 12.4. The summed E-state index contributed by atoms with van der Waals surface area (Å²) < 4.78 is 0. The van der Waals surface area contributed by atoms with Gasteiger partial charge in [0.25, 0.3) is 0 Å². The summed E-state index contributed by atoms with van der Waals surface area (Å²) in [7, 11) is 2.18. The molecular formula is C25H29N. The monoisotopic (exact) mass is 343 g/mol. The van der Waals surface area contributed by atoms with Crippen LogP contribution in [0.3, 0.4) is 0 Å². The third kappa shape index (κ3) is 4.62. The van der Waals surface area contributed by atoms with E-state index >= 15 is 0 Å². The van der Waals surface area contributed by atoms with Crippen molar-refractivity contribution in [2.45, 2.75) is 32.7 Å². The fourth-order valence-electron chi connectivity index (χ4n) is 3.25. The predicted molar refractivity (Wildman–Crippen MR) is 114 cm³/mol. The van der Waals surface area contributed by atoms with Gasteiger partial charge in [0.15, 0.2) is 0 Å². The molecule has 0 amide bonds. The molecule has 1 heteroatoms. The molecule has 3 aromatic carbocycles. The highest BCUT2D eigenvalue weighted by Crippen LogP contribution is 2.22. The molecule has 0 aromatic heterocycles. The van der Waals surface area contributed by atoms with Gasteiger partial charge in [0, 0.05) is 13.1 Å². The van der Waals surface area contributed by atoms with Crippen molar-refractivity contribution in [2.24, 2.45) is 0 Å². The molecule has 3 rings (SSSR count). The van der Waals surface area contributed by atoms with E-state index in [0.717, 1.165) is 13.1 Å². The summed E-state index contributed by atoms with van der Waals surface area (Å²) in [4.78, 5) is 2.35. The van der Waals surface area contributed by atoms with Crippen molar-refractivity contribution in [3.63, 3.8) is 0 Å². The van der Waals surface area contributed by atoms with E-state index in [4.69, 9.17) is 0 Å². The molecule has 0 radical (unpaired) electrons. The second-order valence-corrected chi connectivity index (χ2v) is 8.11. The molecule has 134 valence electrons. The van der Waals surface area contributed by atoms with Gasteiger partial charge in [-0.15, -0.1) is 0 Å². The van der Waals surface area contributed by atoms with E-state index in [9.17, 15) is 0 Å². The first kappa shape index (κ1) is 18.4. The first-order valence-corrected chi connectivity index (χ1v) is 9.36. The molecule has 0 aliphatic heterocycles. The van der Waals surface area contributed by atoms with Crippen molar-refractivity contribution >= 4 is 16.8 Å². The molecule has 0 saturated heterocycles. The Hall–Kier alpha value is -2.38. The fourth-order valence-corrected chi connectivity index (χ4v) is 3.25. The van der Waals surface area contributed by atoms with E-state index in [1.54, 1.807) is 0 Å². The quantitative estimate of drug-likeness (QED) is 0.527. The lowest BCUT2D eigenvalue weighted by atomic mass is 9.87. The second-order valence-electron chi connectivity index (χ2n) is 8.11. The SMILES string of the molecule is CN(C/C=C/c1ccc(C(C)(C)C)cc1)Cc1cccc2ccccc12. The Morgan fingerprint density at radius 2 is 1.54 bits per heavy atom. The number of rotatable bonds is 5. The third-order valence-corrected chi connectivity index (χ3v) is 4.82. The van der Waals surface area contributed by atoms with Crippen LogP contribution in [0.15, 0.2) is 72.8 Å². The number of hydrogen-bond acceptors (Lipinski definition) is 1. The zero-order valence-corrected chi connectivity index (χ0v) is 16.4. The smallest absolute Gasteiger partial charge is 0.0240 e. The topological polar surface area (TPSA) is 3.24 Å². The van der Waals surface area contributed by atoms with E-state index in [0.29, 0.717) is 0 Å². The van der Waals surface area contributed by atoms with E-state index < -0.39 is 0 Å². The number of hydrogen-bond donors (Lipinski definition) is 0. The van der Waals surface area contributed by atoms with Gasteiger partial charge >= 0.3 is 0 Å². The minimum absolute atomic E-state index is 0.209. The maximum atomic E-state index is 2.35. The van der Waals surface area contributed by atoms with Crippen molar-refractivity contribution in [2.75, 3.05) is 13.6 Å². The Morgan fingerprint density at radius 3 is 2.27 bits per heavy atom. The van der Waals surface area contributed by atoms with Gasteiger partial charge in [-0.25, -0.2) is 0 Å². The van der Waals surface area contributed by atoms with Gasteiger partial charge < -0.3 is 0 Å². The molecule has 1 nitrogen and oxygen atoms in total. The molecular weight excluding hydrogens is 314 g/mol. The highest BCUT2D eigenvalue weighted by Gasteiger charge is 2.12. The Morgan fingerprint density at radius 1 is 0.846 bits per heavy atom. The van der Waals surface area contributed by atoms with Crippen LogP contribution in [0.2, 0.25) is 0 Å². The molecule has 0 heterocycles. The van der Waals surface area contributed by atoms with E-state index in [2.05, 4.69) is 112 Å². The molecule has 0 bridgehead atoms. The third-order valence-electron chi connectivity index (χ3n) is 4.82. The molecule has 0 aliphatic rings. The number of benzene rings is 3. The molecule has 0 N–H and O–H groups in total. The van der Waals surface area contributed by atoms with Crippen LogP contribution < -0.4 is 0 Å². The minimum atomic E-state index is 0.209. The average molecular weight is 344 g/mol. The maximum Gasteiger partial charge on any atom is 0.0240 e. The van der Waals surface area contributed by atoms with Crippen LogP contribution in [0.1, 0.15) is 37.5 Å². The summed E-state index contributed by atoms with van der Waals surface area (Å²) in [6.45, 7) is 8.64. The van der Waals surface area contributed by atoms with Gasteiger partial charge in [-0.1, -0.05) is 99.7 Å². The van der Waals surface area contributed by atoms with Crippen LogP contribution in [0.5, 0.6) is 0 Å². The van der Waals surface area contributed by atoms with Crippen molar-refractivity contribution < 1.29 is 0 Å². The van der Waals surface area contributed by atoms with Crippen molar-refractivity contribution in [1.82, 2.24) is 4.90 Å². The fraction of sp³-hybridized carbons (Fsp3) is 0.280. The second kappa shape index (κ2) is 7.88. The van der Waals surface area contributed by atoms with Crippen LogP contribution >= 0.6 is 0 Å². The lowest BCUT2D eigenvalue weighted by molar-refractivity contribution is 0.365. The molecule has 0 aliphatic carbocycles. The van der Waals surface area contributed by atoms with Crippen LogP contribution in [0.4, 0.5) is 0 Å². The van der Waals surface area contributed by atoms with Crippen molar-refractivity contribution in [1.29, 1.82) is 0 Å². The number of nitrogens with zero attached hydrogens (tertiary/aromatic N) is 1. The summed E-state index contributed by atoms with van der Waals surface area (Å²) in [6.07, 6.45) is 4.46. The molecule has 26 heavy (non-hydrogen) atoms. The summed E-state index contributed by atoms with van der Waals surface area (Å²) >= 11 is 0. The lowest BCUT2D eigenvalue weighted by Gasteiger charge is -2.18. The summed E-state index contributed by atoms with van der Waals surface area (Å²) in [6, 6.07) is 24.1. The minimum Gasteiger partial charge on any atom is -0.298 e. The Labute approximate surface area is 158 Å². The van der Waals surface area contributed by atoms with Gasteiger partial charge in [-0.3, -0.25) is 4.90 Å². The van der Waals surface area contributed by atoms with Crippen molar-refractivity contribution in [3.8, 4) is 0 Å². The van der Waals surface area contributed by atoms with Crippen LogP contribution in [0.25, 0.3) is 16.8 Å². The van der Waals surface area contributed by atoms with Gasteiger partial charge in [0.2, 0.25) is 0 Å². The molecule has 0 fully saturated rings. The number of likely N-dealkylation sites (N-methyl/N-ethyl adjacent to an activating group) is 1. The van der Waals surface area contributed by atoms with E-state index in [1.807, 2.05) is 0 Å². The largest absolute Gasteiger partial charge is 0.298 e. The molecule has 0 spiro atoms. The summed E-state index contributed by atoms with van der Waals surface area (Å²) in [5, 5.41) is 2.66. The Kier molecular flexibility index (Phi) is 5.58.